The van der Waals surface area contributed by atoms with Gasteiger partial charge >= 0.3 is 0 Å². The molecule has 5 nitrogen and oxygen atoms in total. The second-order valence-electron chi connectivity index (χ2n) is 5.75. The van der Waals surface area contributed by atoms with E-state index in [4.69, 9.17) is 4.74 Å². The Balaban J connectivity index is 1.63. The van der Waals surface area contributed by atoms with Crippen LogP contribution in [-0.4, -0.2) is 41.3 Å². The topological polar surface area (TPSA) is 54.8 Å². The highest BCUT2D eigenvalue weighted by atomic mass is 16.5. The molecule has 0 bridgehead atoms. The number of ether oxygens (including phenoxy) is 1. The number of carbonyl (C=O) groups excluding carboxylic acids is 1. The predicted octanol–water partition coefficient (Wildman–Crippen LogP) is 2.33. The molecule has 3 heterocycles. The standard InChI is InChI=1S/C17H17N3O2/c21-17(20-7-3-4-8-20)15-16(22-11-19-15)13-9-12-5-1-2-6-14(12)18-10-13/h1-2,5-6,9-11,15-16H,3-4,7-8H2/t15-,16+/m1/s1. The van der Waals surface area contributed by atoms with Gasteiger partial charge in [-0.25, -0.2) is 4.99 Å². The van der Waals surface area contributed by atoms with Gasteiger partial charge in [0, 0.05) is 30.2 Å². The monoisotopic (exact) mass is 295 g/mol. The zero-order chi connectivity index (χ0) is 14.9. The first-order valence-electron chi connectivity index (χ1n) is 7.63. The minimum absolute atomic E-state index is 0.0596. The Kier molecular flexibility index (Phi) is 3.25. The molecule has 1 amide bonds. The first-order chi connectivity index (χ1) is 10.8. The largest absolute Gasteiger partial charge is 0.473 e. The summed E-state index contributed by atoms with van der Waals surface area (Å²) in [6.45, 7) is 1.65. The van der Waals surface area contributed by atoms with Gasteiger partial charge in [-0.2, -0.15) is 0 Å². The van der Waals surface area contributed by atoms with E-state index in [1.165, 1.54) is 6.40 Å². The second-order valence-corrected chi connectivity index (χ2v) is 5.75. The third-order valence-electron chi connectivity index (χ3n) is 4.33. The zero-order valence-electron chi connectivity index (χ0n) is 12.2. The molecule has 0 aliphatic carbocycles. The molecule has 0 N–H and O–H groups in total. The number of para-hydroxylation sites is 1. The Bertz CT molecular complexity index is 738. The maximum Gasteiger partial charge on any atom is 0.251 e. The van der Waals surface area contributed by atoms with Crippen molar-refractivity contribution in [1.82, 2.24) is 9.88 Å². The summed E-state index contributed by atoms with van der Waals surface area (Å²) in [7, 11) is 0. The highest BCUT2D eigenvalue weighted by molar-refractivity contribution is 5.86. The van der Waals surface area contributed by atoms with E-state index in [-0.39, 0.29) is 12.0 Å². The summed E-state index contributed by atoms with van der Waals surface area (Å²) in [6, 6.07) is 9.47. The number of nitrogens with zero attached hydrogens (tertiary/aromatic N) is 3. The van der Waals surface area contributed by atoms with E-state index < -0.39 is 6.04 Å². The Morgan fingerprint density at radius 2 is 2.05 bits per heavy atom. The molecule has 0 unspecified atom stereocenters. The van der Waals surface area contributed by atoms with Crippen molar-refractivity contribution in [2.75, 3.05) is 13.1 Å². The molecule has 1 aromatic heterocycles. The number of hydrogen-bond donors (Lipinski definition) is 0. The number of fused-ring (bicyclic) bond motifs is 1. The van der Waals surface area contributed by atoms with Crippen LogP contribution < -0.4 is 0 Å². The molecule has 2 aliphatic rings. The van der Waals surface area contributed by atoms with Gasteiger partial charge in [0.1, 0.15) is 0 Å². The first kappa shape index (κ1) is 13.2. The van der Waals surface area contributed by atoms with Gasteiger partial charge in [-0.15, -0.1) is 0 Å². The van der Waals surface area contributed by atoms with Gasteiger partial charge in [-0.3, -0.25) is 9.78 Å². The summed E-state index contributed by atoms with van der Waals surface area (Å²) in [5, 5.41) is 1.04. The van der Waals surface area contributed by atoms with E-state index in [0.717, 1.165) is 42.4 Å². The van der Waals surface area contributed by atoms with Crippen molar-refractivity contribution in [3.63, 3.8) is 0 Å². The number of aliphatic imine (C=N–C) groups is 1. The van der Waals surface area contributed by atoms with Crippen LogP contribution in [0.1, 0.15) is 24.5 Å². The van der Waals surface area contributed by atoms with E-state index in [1.807, 2.05) is 35.2 Å². The molecule has 112 valence electrons. The lowest BCUT2D eigenvalue weighted by molar-refractivity contribution is -0.133. The Morgan fingerprint density at radius 1 is 1.23 bits per heavy atom. The number of likely N-dealkylation sites (tertiary alicyclic amines) is 1. The number of aromatic nitrogens is 1. The van der Waals surface area contributed by atoms with Gasteiger partial charge in [0.25, 0.3) is 5.91 Å². The average Bonchev–Trinajstić information content (AvgIpc) is 3.25. The third-order valence-corrected chi connectivity index (χ3v) is 4.33. The van der Waals surface area contributed by atoms with Crippen LogP contribution in [0, 0.1) is 0 Å². The number of carbonyl (C=O) groups is 1. The van der Waals surface area contributed by atoms with Crippen LogP contribution in [0.5, 0.6) is 0 Å². The number of pyridine rings is 1. The fourth-order valence-corrected chi connectivity index (χ4v) is 3.14. The quantitative estimate of drug-likeness (QED) is 0.854. The van der Waals surface area contributed by atoms with E-state index in [9.17, 15) is 4.79 Å². The third kappa shape index (κ3) is 2.22. The van der Waals surface area contributed by atoms with E-state index >= 15 is 0 Å². The number of hydrogen-bond acceptors (Lipinski definition) is 4. The van der Waals surface area contributed by atoms with Crippen molar-refractivity contribution in [2.45, 2.75) is 25.0 Å². The smallest absolute Gasteiger partial charge is 0.251 e. The van der Waals surface area contributed by atoms with Gasteiger partial charge in [-0.1, -0.05) is 18.2 Å². The molecule has 22 heavy (non-hydrogen) atoms. The molecule has 1 fully saturated rings. The summed E-state index contributed by atoms with van der Waals surface area (Å²) < 4.78 is 5.60. The average molecular weight is 295 g/mol. The molecule has 1 aromatic carbocycles. The lowest BCUT2D eigenvalue weighted by atomic mass is 10.0. The van der Waals surface area contributed by atoms with Crippen molar-refractivity contribution in [1.29, 1.82) is 0 Å². The normalized spacial score (nSPS) is 23.9. The van der Waals surface area contributed by atoms with Gasteiger partial charge in [0.15, 0.2) is 18.5 Å². The molecule has 2 aromatic rings. The molecule has 5 heteroatoms. The van der Waals surface area contributed by atoms with Crippen molar-refractivity contribution >= 4 is 23.2 Å². The number of rotatable bonds is 2. The van der Waals surface area contributed by atoms with Gasteiger partial charge in [0.05, 0.1) is 5.52 Å². The summed E-state index contributed by atoms with van der Waals surface area (Å²) in [5.74, 6) is 0.0596. The SMILES string of the molecule is O=C([C@@H]1N=CO[C@H]1c1cnc2ccccc2c1)N1CCCC1. The fourth-order valence-electron chi connectivity index (χ4n) is 3.14. The maximum absolute atomic E-state index is 12.6. The lowest BCUT2D eigenvalue weighted by Crippen LogP contribution is -2.38. The van der Waals surface area contributed by atoms with Crippen LogP contribution in [0.15, 0.2) is 41.5 Å². The Labute approximate surface area is 128 Å². The summed E-state index contributed by atoms with van der Waals surface area (Å²) in [5.41, 5.74) is 1.83. The van der Waals surface area contributed by atoms with E-state index in [0.29, 0.717) is 0 Å². The molecule has 0 spiro atoms. The molecule has 1 saturated heterocycles. The summed E-state index contributed by atoms with van der Waals surface area (Å²) in [6.07, 6.45) is 4.96. The molecule has 2 atom stereocenters. The van der Waals surface area contributed by atoms with Gasteiger partial charge in [-0.05, 0) is 25.0 Å². The second kappa shape index (κ2) is 5.40. The lowest BCUT2D eigenvalue weighted by Gasteiger charge is -2.22. The minimum atomic E-state index is -0.485. The van der Waals surface area contributed by atoms with E-state index in [1.54, 1.807) is 6.20 Å². The number of amides is 1. The van der Waals surface area contributed by atoms with Gasteiger partial charge in [0.2, 0.25) is 0 Å². The molecular formula is C17H17N3O2. The molecule has 4 rings (SSSR count). The molecule has 2 aliphatic heterocycles. The van der Waals surface area contributed by atoms with Crippen LogP contribution in [-0.2, 0) is 9.53 Å². The number of benzene rings is 1. The van der Waals surface area contributed by atoms with Crippen LogP contribution in [0.4, 0.5) is 0 Å². The highest BCUT2D eigenvalue weighted by Crippen LogP contribution is 2.30. The summed E-state index contributed by atoms with van der Waals surface area (Å²) in [4.78, 5) is 23.2. The van der Waals surface area contributed by atoms with Gasteiger partial charge < -0.3 is 9.64 Å². The fraction of sp³-hybridized carbons (Fsp3) is 0.353. The van der Waals surface area contributed by atoms with Crippen molar-refractivity contribution < 1.29 is 9.53 Å². The Morgan fingerprint density at radius 3 is 2.91 bits per heavy atom. The minimum Gasteiger partial charge on any atom is -0.473 e. The summed E-state index contributed by atoms with van der Waals surface area (Å²) >= 11 is 0. The van der Waals surface area contributed by atoms with Crippen LogP contribution in [0.2, 0.25) is 0 Å². The Hall–Kier alpha value is -2.43. The van der Waals surface area contributed by atoms with Crippen LogP contribution in [0.3, 0.4) is 0 Å². The molecule has 0 saturated carbocycles. The van der Waals surface area contributed by atoms with Crippen molar-refractivity contribution in [3.8, 4) is 0 Å². The first-order valence-corrected chi connectivity index (χ1v) is 7.63. The maximum atomic E-state index is 12.6. The molecule has 0 radical (unpaired) electrons. The van der Waals surface area contributed by atoms with Crippen LogP contribution in [0.25, 0.3) is 10.9 Å². The van der Waals surface area contributed by atoms with Crippen LogP contribution >= 0.6 is 0 Å². The van der Waals surface area contributed by atoms with Crippen molar-refractivity contribution in [2.24, 2.45) is 4.99 Å². The highest BCUT2D eigenvalue weighted by Gasteiger charge is 2.37. The van der Waals surface area contributed by atoms with E-state index in [2.05, 4.69) is 9.98 Å². The zero-order valence-corrected chi connectivity index (χ0v) is 12.2. The van der Waals surface area contributed by atoms with Crippen molar-refractivity contribution in [3.05, 3.63) is 42.1 Å². The molecular weight excluding hydrogens is 278 g/mol. The predicted molar refractivity (Wildman–Crippen MR) is 83.7 cm³/mol.